The van der Waals surface area contributed by atoms with Gasteiger partial charge in [0.1, 0.15) is 11.0 Å². The van der Waals surface area contributed by atoms with E-state index < -0.39 is 26.7 Å². The molecule has 0 radical (unpaired) electrons. The average molecular weight is 531 g/mol. The maximum Gasteiger partial charge on any atom is 0.404 e. The molecule has 0 unspecified atom stereocenters. The number of benzene rings is 1. The first kappa shape index (κ1) is 22.6. The molecule has 0 fully saturated rings. The Kier molecular flexibility index (Phi) is 6.52. The van der Waals surface area contributed by atoms with E-state index in [9.17, 15) is 23.3 Å². The van der Waals surface area contributed by atoms with E-state index >= 15 is 0 Å². The molecule has 3 aromatic rings. The molecule has 0 atom stereocenters. The second-order valence-electron chi connectivity index (χ2n) is 6.06. The molecule has 0 aliphatic rings. The van der Waals surface area contributed by atoms with Gasteiger partial charge in [-0.25, -0.2) is 8.42 Å². The molecule has 2 aromatic heterocycles. The van der Waals surface area contributed by atoms with Crippen LogP contribution in [0.15, 0.2) is 45.8 Å². The summed E-state index contributed by atoms with van der Waals surface area (Å²) in [5, 5.41) is 24.6. The number of hydrogen-bond acceptors (Lipinski definition) is 8. The Hall–Kier alpha value is -3.10. The third-order valence-electron chi connectivity index (χ3n) is 3.90. The Morgan fingerprint density at radius 3 is 2.45 bits per heavy atom. The molecule has 3 rings (SSSR count). The van der Waals surface area contributed by atoms with Gasteiger partial charge in [0.05, 0.1) is 15.7 Å². The first-order valence-corrected chi connectivity index (χ1v) is 11.0. The summed E-state index contributed by atoms with van der Waals surface area (Å²) in [6, 6.07) is 8.13. The molecule has 162 valence electrons. The normalized spacial score (nSPS) is 11.2. The largest absolute Gasteiger partial charge is 0.404 e. The second-order valence-corrected chi connectivity index (χ2v) is 8.92. The number of aromatic nitrogens is 4. The number of halogens is 2. The van der Waals surface area contributed by atoms with Crippen LogP contribution in [0.4, 0.5) is 17.3 Å². The lowest BCUT2D eigenvalue weighted by Gasteiger charge is -2.08. The van der Waals surface area contributed by atoms with Gasteiger partial charge in [-0.2, -0.15) is 4.68 Å². The number of sulfonamides is 1. The van der Waals surface area contributed by atoms with Gasteiger partial charge in [-0.3, -0.25) is 9.52 Å². The van der Waals surface area contributed by atoms with Crippen LogP contribution < -0.4 is 10.0 Å². The van der Waals surface area contributed by atoms with Crippen molar-refractivity contribution in [2.75, 3.05) is 10.0 Å². The van der Waals surface area contributed by atoms with Crippen molar-refractivity contribution in [3.63, 3.8) is 0 Å². The Bertz CT molecular complexity index is 1250. The van der Waals surface area contributed by atoms with E-state index in [1.165, 1.54) is 41.1 Å². The third kappa shape index (κ3) is 5.34. The standard InChI is InChI=1S/C16H13BrClN7O5S/c1-9-15(17)16(25(27)28)22-24(9)8-14(26)19-10-2-4-11(5-3-10)31(29,30)23-13-7-6-12(18)20-21-13/h2-7H,8H2,1H3,(H,19,26)(H,21,23). The van der Waals surface area contributed by atoms with Gasteiger partial charge >= 0.3 is 5.82 Å². The first-order chi connectivity index (χ1) is 14.6. The Morgan fingerprint density at radius 2 is 1.90 bits per heavy atom. The van der Waals surface area contributed by atoms with Crippen molar-refractivity contribution in [2.24, 2.45) is 0 Å². The lowest BCUT2D eigenvalue weighted by molar-refractivity contribution is -0.390. The van der Waals surface area contributed by atoms with Crippen LogP contribution in [0.25, 0.3) is 0 Å². The highest BCUT2D eigenvalue weighted by Crippen LogP contribution is 2.27. The number of carbonyl (C=O) groups is 1. The smallest absolute Gasteiger partial charge is 0.358 e. The minimum atomic E-state index is -3.93. The minimum Gasteiger partial charge on any atom is -0.358 e. The van der Waals surface area contributed by atoms with Gasteiger partial charge in [-0.15, -0.1) is 10.2 Å². The molecule has 0 saturated carbocycles. The van der Waals surface area contributed by atoms with Crippen LogP contribution in [0.3, 0.4) is 0 Å². The predicted molar refractivity (Wildman–Crippen MR) is 114 cm³/mol. The van der Waals surface area contributed by atoms with E-state index in [0.29, 0.717) is 11.4 Å². The van der Waals surface area contributed by atoms with E-state index in [0.717, 1.165) is 0 Å². The van der Waals surface area contributed by atoms with Crippen LogP contribution >= 0.6 is 27.5 Å². The average Bonchev–Trinajstić information content (AvgIpc) is 2.98. The Labute approximate surface area is 189 Å². The molecule has 0 aliphatic carbocycles. The number of nitro groups is 1. The van der Waals surface area contributed by atoms with Gasteiger partial charge in [0, 0.05) is 5.69 Å². The highest BCUT2D eigenvalue weighted by molar-refractivity contribution is 9.10. The number of rotatable bonds is 7. The topological polar surface area (TPSA) is 162 Å². The van der Waals surface area contributed by atoms with Gasteiger partial charge in [-0.1, -0.05) is 11.6 Å². The summed E-state index contributed by atoms with van der Waals surface area (Å²) in [7, 11) is -3.93. The summed E-state index contributed by atoms with van der Waals surface area (Å²) < 4.78 is 28.5. The lowest BCUT2D eigenvalue weighted by Crippen LogP contribution is -2.20. The summed E-state index contributed by atoms with van der Waals surface area (Å²) in [5.41, 5.74) is 0.744. The van der Waals surface area contributed by atoms with Crippen molar-refractivity contribution in [3.8, 4) is 0 Å². The zero-order chi connectivity index (χ0) is 22.8. The fourth-order valence-electron chi connectivity index (χ4n) is 2.40. The number of hydrogen-bond donors (Lipinski definition) is 2. The quantitative estimate of drug-likeness (QED) is 0.348. The summed E-state index contributed by atoms with van der Waals surface area (Å²) in [6.45, 7) is 1.31. The number of nitrogens with zero attached hydrogens (tertiary/aromatic N) is 5. The molecule has 15 heteroatoms. The van der Waals surface area contributed by atoms with Crippen LogP contribution in [-0.2, 0) is 21.4 Å². The van der Waals surface area contributed by atoms with E-state index in [1.807, 2.05) is 0 Å². The van der Waals surface area contributed by atoms with Gasteiger partial charge in [-0.05, 0) is 64.2 Å². The molecular weight excluding hydrogens is 518 g/mol. The molecule has 2 N–H and O–H groups in total. The van der Waals surface area contributed by atoms with E-state index in [2.05, 4.69) is 41.3 Å². The monoisotopic (exact) mass is 529 g/mol. The zero-order valence-electron chi connectivity index (χ0n) is 15.6. The van der Waals surface area contributed by atoms with E-state index in [1.54, 1.807) is 6.92 Å². The Balaban J connectivity index is 1.67. The van der Waals surface area contributed by atoms with Crippen molar-refractivity contribution in [2.45, 2.75) is 18.4 Å². The fourth-order valence-corrected chi connectivity index (χ4v) is 3.93. The van der Waals surface area contributed by atoms with E-state index in [4.69, 9.17) is 11.6 Å². The van der Waals surface area contributed by atoms with E-state index in [-0.39, 0.29) is 26.9 Å². The molecule has 1 aromatic carbocycles. The number of anilines is 2. The Morgan fingerprint density at radius 1 is 1.23 bits per heavy atom. The number of amides is 1. The lowest BCUT2D eigenvalue weighted by atomic mass is 10.3. The first-order valence-electron chi connectivity index (χ1n) is 8.36. The van der Waals surface area contributed by atoms with Crippen LogP contribution in [0.2, 0.25) is 5.15 Å². The zero-order valence-corrected chi connectivity index (χ0v) is 18.8. The predicted octanol–water partition coefficient (Wildman–Crippen LogP) is 2.75. The van der Waals surface area contributed by atoms with Crippen LogP contribution in [-0.4, -0.2) is 39.2 Å². The third-order valence-corrected chi connectivity index (χ3v) is 6.40. The fraction of sp³-hybridized carbons (Fsp3) is 0.125. The maximum atomic E-state index is 12.4. The van der Waals surface area contributed by atoms with Crippen LogP contribution in [0.5, 0.6) is 0 Å². The van der Waals surface area contributed by atoms with Crippen LogP contribution in [0, 0.1) is 17.0 Å². The molecule has 0 bridgehead atoms. The van der Waals surface area contributed by atoms with Crippen molar-refractivity contribution in [1.29, 1.82) is 0 Å². The molecule has 31 heavy (non-hydrogen) atoms. The SMILES string of the molecule is Cc1c(Br)c([N+](=O)[O-])nn1CC(=O)Nc1ccc(S(=O)(=O)Nc2ccc(Cl)nn2)cc1. The summed E-state index contributed by atoms with van der Waals surface area (Å²) in [5.74, 6) is -0.896. The number of carbonyl (C=O) groups excluding carboxylic acids is 1. The van der Waals surface area contributed by atoms with Gasteiger partial charge in [0.25, 0.3) is 10.0 Å². The minimum absolute atomic E-state index is 0.00312. The van der Waals surface area contributed by atoms with Crippen molar-refractivity contribution in [1.82, 2.24) is 20.0 Å². The molecule has 1 amide bonds. The molecule has 2 heterocycles. The molecule has 0 aliphatic heterocycles. The number of nitrogens with one attached hydrogen (secondary N) is 2. The maximum absolute atomic E-state index is 12.4. The summed E-state index contributed by atoms with van der Waals surface area (Å²) in [6.07, 6.45) is 0. The molecule has 12 nitrogen and oxygen atoms in total. The highest BCUT2D eigenvalue weighted by Gasteiger charge is 2.24. The van der Waals surface area contributed by atoms with Gasteiger partial charge < -0.3 is 15.4 Å². The van der Waals surface area contributed by atoms with Crippen LogP contribution in [0.1, 0.15) is 5.69 Å². The second kappa shape index (κ2) is 8.95. The molecule has 0 saturated heterocycles. The highest BCUT2D eigenvalue weighted by atomic mass is 79.9. The summed E-state index contributed by atoms with van der Waals surface area (Å²) >= 11 is 8.70. The molecular formula is C16H13BrClN7O5S. The summed E-state index contributed by atoms with van der Waals surface area (Å²) in [4.78, 5) is 22.5. The van der Waals surface area contributed by atoms with Crippen molar-refractivity contribution >= 4 is 60.8 Å². The van der Waals surface area contributed by atoms with Crippen molar-refractivity contribution in [3.05, 3.63) is 61.8 Å². The van der Waals surface area contributed by atoms with Gasteiger partial charge in [0.2, 0.25) is 5.91 Å². The van der Waals surface area contributed by atoms with Gasteiger partial charge in [0.15, 0.2) is 11.0 Å². The van der Waals surface area contributed by atoms with Crippen molar-refractivity contribution < 1.29 is 18.1 Å². The molecule has 0 spiro atoms.